The summed E-state index contributed by atoms with van der Waals surface area (Å²) in [7, 11) is 4.47. The Labute approximate surface area is 218 Å². The highest BCUT2D eigenvalue weighted by Gasteiger charge is 2.32. The number of carbonyl (C=O) groups is 3. The number of hydrogen-bond donors (Lipinski definition) is 0. The molecular weight excluding hydrogens is 474 g/mol. The number of esters is 2. The van der Waals surface area contributed by atoms with Gasteiger partial charge in [0, 0.05) is 31.1 Å². The van der Waals surface area contributed by atoms with E-state index in [1.54, 1.807) is 31.3 Å². The Balaban J connectivity index is 1.76. The topological polar surface area (TPSA) is 91.4 Å². The number of rotatable bonds is 14. The van der Waals surface area contributed by atoms with E-state index >= 15 is 0 Å². The van der Waals surface area contributed by atoms with E-state index in [9.17, 15) is 14.4 Å². The fourth-order valence-corrected chi connectivity index (χ4v) is 4.48. The summed E-state index contributed by atoms with van der Waals surface area (Å²) in [6.07, 6.45) is 3.47. The van der Waals surface area contributed by atoms with Crippen LogP contribution >= 0.6 is 0 Å². The van der Waals surface area contributed by atoms with Crippen molar-refractivity contribution in [1.82, 2.24) is 4.90 Å². The summed E-state index contributed by atoms with van der Waals surface area (Å²) in [5.41, 5.74) is 2.70. The summed E-state index contributed by atoms with van der Waals surface area (Å²) in [6, 6.07) is 13.7. The van der Waals surface area contributed by atoms with Crippen LogP contribution in [-0.4, -0.2) is 63.3 Å². The van der Waals surface area contributed by atoms with E-state index in [0.717, 1.165) is 31.2 Å². The van der Waals surface area contributed by atoms with E-state index in [2.05, 4.69) is 12.1 Å². The van der Waals surface area contributed by atoms with E-state index in [4.69, 9.17) is 18.9 Å². The maximum atomic E-state index is 13.7. The highest BCUT2D eigenvalue weighted by atomic mass is 16.6. The van der Waals surface area contributed by atoms with Gasteiger partial charge in [-0.3, -0.25) is 9.59 Å². The van der Waals surface area contributed by atoms with Crippen molar-refractivity contribution in [2.24, 2.45) is 0 Å². The van der Waals surface area contributed by atoms with E-state index in [0.29, 0.717) is 42.5 Å². The standard InChI is InChI=1S/C29H37NO7/c1-20(31)37-24(29(33)36-4)13-9-17-30(16-8-12-21-10-6-5-7-11-21)28(32)23-18-25(34-2)27(22-14-15-22)26(19-23)35-3/h5-7,10-11,18-19,22,24H,8-9,12-17H2,1-4H3. The van der Waals surface area contributed by atoms with Crippen LogP contribution in [0.1, 0.15) is 66.4 Å². The zero-order chi connectivity index (χ0) is 26.8. The Kier molecular flexibility index (Phi) is 10.4. The maximum Gasteiger partial charge on any atom is 0.347 e. The summed E-state index contributed by atoms with van der Waals surface area (Å²) in [5.74, 6) is 0.412. The first-order chi connectivity index (χ1) is 17.9. The first-order valence-corrected chi connectivity index (χ1v) is 12.7. The van der Waals surface area contributed by atoms with Gasteiger partial charge in [-0.15, -0.1) is 0 Å². The minimum atomic E-state index is -0.998. The van der Waals surface area contributed by atoms with Gasteiger partial charge in [0.05, 0.1) is 21.3 Å². The van der Waals surface area contributed by atoms with Crippen LogP contribution in [0.25, 0.3) is 0 Å². The number of amides is 1. The smallest absolute Gasteiger partial charge is 0.347 e. The molecule has 37 heavy (non-hydrogen) atoms. The van der Waals surface area contributed by atoms with Crippen LogP contribution in [0, 0.1) is 0 Å². The number of benzene rings is 2. The fourth-order valence-electron chi connectivity index (χ4n) is 4.48. The number of ether oxygens (including phenoxy) is 4. The lowest BCUT2D eigenvalue weighted by atomic mass is 10.0. The fraction of sp³-hybridized carbons (Fsp3) is 0.483. The van der Waals surface area contributed by atoms with Crippen LogP contribution in [0.2, 0.25) is 0 Å². The normalized spacial score (nSPS) is 13.4. The molecule has 8 heteroatoms. The van der Waals surface area contributed by atoms with Crippen LogP contribution in [0.3, 0.4) is 0 Å². The zero-order valence-corrected chi connectivity index (χ0v) is 22.2. The number of hydrogen-bond acceptors (Lipinski definition) is 7. The van der Waals surface area contributed by atoms with E-state index < -0.39 is 18.0 Å². The van der Waals surface area contributed by atoms with Crippen molar-refractivity contribution in [3.05, 3.63) is 59.2 Å². The largest absolute Gasteiger partial charge is 0.496 e. The Morgan fingerprint density at radius 1 is 0.946 bits per heavy atom. The molecule has 0 heterocycles. The van der Waals surface area contributed by atoms with Crippen LogP contribution in [0.4, 0.5) is 0 Å². The van der Waals surface area contributed by atoms with Crippen molar-refractivity contribution >= 4 is 17.8 Å². The lowest BCUT2D eigenvalue weighted by Crippen LogP contribution is -2.35. The average molecular weight is 512 g/mol. The van der Waals surface area contributed by atoms with Crippen molar-refractivity contribution in [3.8, 4) is 11.5 Å². The predicted molar refractivity (Wildman–Crippen MR) is 139 cm³/mol. The molecule has 1 aliphatic carbocycles. The third-order valence-corrected chi connectivity index (χ3v) is 6.47. The zero-order valence-electron chi connectivity index (χ0n) is 22.2. The molecule has 1 fully saturated rings. The van der Waals surface area contributed by atoms with Crippen LogP contribution in [0.15, 0.2) is 42.5 Å². The van der Waals surface area contributed by atoms with Gasteiger partial charge in [-0.1, -0.05) is 30.3 Å². The molecule has 1 amide bonds. The molecule has 200 valence electrons. The Morgan fingerprint density at radius 2 is 1.57 bits per heavy atom. The molecule has 0 aromatic heterocycles. The van der Waals surface area contributed by atoms with E-state index in [1.807, 2.05) is 18.2 Å². The van der Waals surface area contributed by atoms with Crippen molar-refractivity contribution < 1.29 is 33.3 Å². The molecular formula is C29H37NO7. The average Bonchev–Trinajstić information content (AvgIpc) is 3.75. The van der Waals surface area contributed by atoms with Crippen molar-refractivity contribution in [1.29, 1.82) is 0 Å². The van der Waals surface area contributed by atoms with E-state index in [1.165, 1.54) is 19.6 Å². The molecule has 1 unspecified atom stereocenters. The number of carbonyl (C=O) groups excluding carboxylic acids is 3. The molecule has 2 aromatic carbocycles. The summed E-state index contributed by atoms with van der Waals surface area (Å²) in [6.45, 7) is 2.16. The Bertz CT molecular complexity index is 1040. The summed E-state index contributed by atoms with van der Waals surface area (Å²) >= 11 is 0. The molecule has 0 saturated heterocycles. The van der Waals surface area contributed by atoms with Gasteiger partial charge in [0.15, 0.2) is 6.10 Å². The predicted octanol–water partition coefficient (Wildman–Crippen LogP) is 4.54. The van der Waals surface area contributed by atoms with Crippen LogP contribution in [-0.2, 0) is 25.5 Å². The lowest BCUT2D eigenvalue weighted by Gasteiger charge is -2.25. The van der Waals surface area contributed by atoms with E-state index in [-0.39, 0.29) is 12.3 Å². The molecule has 8 nitrogen and oxygen atoms in total. The van der Waals surface area contributed by atoms with Crippen molar-refractivity contribution in [2.75, 3.05) is 34.4 Å². The van der Waals surface area contributed by atoms with Gasteiger partial charge < -0.3 is 23.8 Å². The quantitative estimate of drug-likeness (QED) is 0.344. The summed E-state index contributed by atoms with van der Waals surface area (Å²) in [4.78, 5) is 38.9. The van der Waals surface area contributed by atoms with Gasteiger partial charge >= 0.3 is 11.9 Å². The highest BCUT2D eigenvalue weighted by molar-refractivity contribution is 5.95. The second kappa shape index (κ2) is 13.7. The molecule has 0 radical (unpaired) electrons. The third kappa shape index (κ3) is 7.97. The number of aryl methyl sites for hydroxylation is 1. The monoisotopic (exact) mass is 511 g/mol. The van der Waals surface area contributed by atoms with Crippen LogP contribution < -0.4 is 9.47 Å². The van der Waals surface area contributed by atoms with Gasteiger partial charge in [0.1, 0.15) is 11.5 Å². The second-order valence-electron chi connectivity index (χ2n) is 9.21. The first kappa shape index (κ1) is 28.0. The summed E-state index contributed by atoms with van der Waals surface area (Å²) in [5, 5.41) is 0. The van der Waals surface area contributed by atoms with Gasteiger partial charge in [-0.2, -0.15) is 0 Å². The highest BCUT2D eigenvalue weighted by Crippen LogP contribution is 2.49. The molecule has 0 aliphatic heterocycles. The maximum absolute atomic E-state index is 13.7. The Morgan fingerprint density at radius 3 is 2.11 bits per heavy atom. The second-order valence-corrected chi connectivity index (χ2v) is 9.21. The SMILES string of the molecule is COC(=O)C(CCCN(CCCc1ccccc1)C(=O)c1cc(OC)c(C2CC2)c(OC)c1)OC(C)=O. The third-order valence-electron chi connectivity index (χ3n) is 6.47. The Hall–Kier alpha value is -3.55. The van der Waals surface area contributed by atoms with Gasteiger partial charge in [0.25, 0.3) is 5.91 Å². The molecule has 0 spiro atoms. The van der Waals surface area contributed by atoms with Gasteiger partial charge in [0.2, 0.25) is 0 Å². The lowest BCUT2D eigenvalue weighted by molar-refractivity contribution is -0.165. The molecule has 1 aliphatic rings. The molecule has 1 atom stereocenters. The van der Waals surface area contributed by atoms with Crippen LogP contribution in [0.5, 0.6) is 11.5 Å². The minimum absolute atomic E-state index is 0.144. The van der Waals surface area contributed by atoms with Crippen molar-refractivity contribution in [3.63, 3.8) is 0 Å². The molecule has 0 bridgehead atoms. The van der Waals surface area contributed by atoms with Crippen molar-refractivity contribution in [2.45, 2.75) is 57.5 Å². The minimum Gasteiger partial charge on any atom is -0.496 e. The molecule has 0 N–H and O–H groups in total. The first-order valence-electron chi connectivity index (χ1n) is 12.7. The molecule has 1 saturated carbocycles. The number of methoxy groups -OCH3 is 3. The summed E-state index contributed by atoms with van der Waals surface area (Å²) < 4.78 is 21.2. The van der Waals surface area contributed by atoms with Gasteiger partial charge in [-0.05, 0) is 62.1 Å². The molecule has 3 rings (SSSR count). The molecule has 2 aromatic rings. The number of nitrogens with zero attached hydrogens (tertiary/aromatic N) is 1. The van der Waals surface area contributed by atoms with Gasteiger partial charge in [-0.25, -0.2) is 4.79 Å².